The monoisotopic (exact) mass is 290 g/mol. The van der Waals surface area contributed by atoms with E-state index in [0.29, 0.717) is 34.0 Å². The molecule has 0 atom stereocenters. The van der Waals surface area contributed by atoms with Crippen LogP contribution >= 0.6 is 0 Å². The lowest BCUT2D eigenvalue weighted by atomic mass is 10.1. The van der Waals surface area contributed by atoms with E-state index < -0.39 is 5.97 Å². The van der Waals surface area contributed by atoms with Gasteiger partial charge >= 0.3 is 5.97 Å². The van der Waals surface area contributed by atoms with Crippen LogP contribution in [0.15, 0.2) is 4.52 Å². The maximum absolute atomic E-state index is 12.2. The van der Waals surface area contributed by atoms with Crippen molar-refractivity contribution in [2.24, 2.45) is 0 Å². The average molecular weight is 290 g/mol. The number of rotatable bonds is 4. The fourth-order valence-corrected chi connectivity index (χ4v) is 2.40. The molecule has 0 unspecified atom stereocenters. The van der Waals surface area contributed by atoms with E-state index in [9.17, 15) is 9.59 Å². The molecular formula is C15H18N2O4. The molecule has 0 aliphatic carbocycles. The minimum absolute atomic E-state index is 0.0778. The van der Waals surface area contributed by atoms with E-state index in [-0.39, 0.29) is 12.4 Å². The highest BCUT2D eigenvalue weighted by molar-refractivity contribution is 6.01. The van der Waals surface area contributed by atoms with Crippen LogP contribution in [0.1, 0.15) is 56.0 Å². The quantitative estimate of drug-likeness (QED) is 0.691. The van der Waals surface area contributed by atoms with Gasteiger partial charge in [0.2, 0.25) is 0 Å². The van der Waals surface area contributed by atoms with Crippen molar-refractivity contribution in [2.75, 3.05) is 0 Å². The first-order chi connectivity index (χ1) is 9.82. The van der Waals surface area contributed by atoms with Crippen LogP contribution < -0.4 is 0 Å². The number of ether oxygens (including phenoxy) is 1. The van der Waals surface area contributed by atoms with Crippen LogP contribution in [0.3, 0.4) is 0 Å². The number of aromatic amines is 1. The molecule has 0 fully saturated rings. The highest BCUT2D eigenvalue weighted by Gasteiger charge is 2.21. The third-order valence-corrected chi connectivity index (χ3v) is 3.52. The lowest BCUT2D eigenvalue weighted by Crippen LogP contribution is -2.08. The van der Waals surface area contributed by atoms with Gasteiger partial charge in [-0.05, 0) is 40.2 Å². The summed E-state index contributed by atoms with van der Waals surface area (Å²) in [4.78, 5) is 26.6. The number of nitrogens with one attached hydrogen (secondary N) is 1. The summed E-state index contributed by atoms with van der Waals surface area (Å²) < 4.78 is 10.3. The molecule has 0 bridgehead atoms. The van der Waals surface area contributed by atoms with Gasteiger partial charge in [0.25, 0.3) is 0 Å². The van der Waals surface area contributed by atoms with Gasteiger partial charge in [-0.3, -0.25) is 4.79 Å². The molecular weight excluding hydrogens is 272 g/mol. The van der Waals surface area contributed by atoms with Crippen molar-refractivity contribution in [1.82, 2.24) is 10.1 Å². The molecule has 112 valence electrons. The summed E-state index contributed by atoms with van der Waals surface area (Å²) in [6.45, 7) is 8.61. The number of carbonyl (C=O) groups excluding carboxylic acids is 2. The van der Waals surface area contributed by atoms with Crippen molar-refractivity contribution in [3.05, 3.63) is 39.5 Å². The predicted octanol–water partition coefficient (Wildman–Crippen LogP) is 2.80. The first-order valence-corrected chi connectivity index (χ1v) is 6.61. The second-order valence-electron chi connectivity index (χ2n) is 5.06. The van der Waals surface area contributed by atoms with E-state index >= 15 is 0 Å². The Morgan fingerprint density at radius 2 is 1.90 bits per heavy atom. The number of nitrogens with zero attached hydrogens (tertiary/aromatic N) is 1. The first-order valence-electron chi connectivity index (χ1n) is 6.61. The number of esters is 1. The molecule has 2 aromatic rings. The van der Waals surface area contributed by atoms with Crippen LogP contribution in [0.4, 0.5) is 0 Å². The molecule has 0 aromatic carbocycles. The van der Waals surface area contributed by atoms with Gasteiger partial charge < -0.3 is 14.2 Å². The van der Waals surface area contributed by atoms with Crippen LogP contribution in [-0.2, 0) is 11.3 Å². The predicted molar refractivity (Wildman–Crippen MR) is 75.4 cm³/mol. The second kappa shape index (κ2) is 5.55. The summed E-state index contributed by atoms with van der Waals surface area (Å²) in [6, 6.07) is 0. The average Bonchev–Trinajstić information content (AvgIpc) is 2.87. The van der Waals surface area contributed by atoms with E-state index in [0.717, 1.165) is 5.56 Å². The zero-order valence-electron chi connectivity index (χ0n) is 12.8. The van der Waals surface area contributed by atoms with Crippen molar-refractivity contribution in [3.8, 4) is 0 Å². The molecule has 1 N–H and O–H groups in total. The molecule has 6 nitrogen and oxygen atoms in total. The highest BCUT2D eigenvalue weighted by Crippen LogP contribution is 2.20. The zero-order chi connectivity index (χ0) is 15.7. The standard InChI is InChI=1S/C15H18N2O4/c1-7-13(10(4)18)9(3)16-14(7)15(19)20-6-12-8(2)17-21-11(12)5/h16H,6H2,1-5H3. The minimum Gasteiger partial charge on any atom is -0.456 e. The maximum Gasteiger partial charge on any atom is 0.355 e. The van der Waals surface area contributed by atoms with Crippen molar-refractivity contribution in [1.29, 1.82) is 0 Å². The van der Waals surface area contributed by atoms with Crippen LogP contribution in [0.25, 0.3) is 0 Å². The third kappa shape index (κ3) is 2.74. The smallest absolute Gasteiger partial charge is 0.355 e. The SMILES string of the molecule is CC(=O)c1c(C)[nH]c(C(=O)OCc2c(C)noc2C)c1C. The van der Waals surface area contributed by atoms with Gasteiger partial charge in [0.05, 0.1) is 11.3 Å². The van der Waals surface area contributed by atoms with Gasteiger partial charge in [0.1, 0.15) is 18.1 Å². The maximum atomic E-state index is 12.2. The molecule has 6 heteroatoms. The van der Waals surface area contributed by atoms with Gasteiger partial charge in [-0.25, -0.2) is 4.79 Å². The Kier molecular flexibility index (Phi) is 3.97. The molecule has 21 heavy (non-hydrogen) atoms. The minimum atomic E-state index is -0.497. The Hall–Kier alpha value is -2.37. The Labute approximate surface area is 122 Å². The van der Waals surface area contributed by atoms with Crippen LogP contribution in [-0.4, -0.2) is 21.9 Å². The lowest BCUT2D eigenvalue weighted by Gasteiger charge is -2.04. The summed E-state index contributed by atoms with van der Waals surface area (Å²) in [5.41, 5.74) is 3.59. The molecule has 2 rings (SSSR count). The van der Waals surface area contributed by atoms with Gasteiger partial charge in [-0.1, -0.05) is 5.16 Å². The summed E-state index contributed by atoms with van der Waals surface area (Å²) in [5, 5.41) is 3.81. The number of hydrogen-bond acceptors (Lipinski definition) is 5. The van der Waals surface area contributed by atoms with Gasteiger partial charge in [0.15, 0.2) is 5.78 Å². The number of Topliss-reactive ketones (excluding diaryl/α,β-unsaturated/α-hetero) is 1. The molecule has 0 radical (unpaired) electrons. The number of ketones is 1. The largest absolute Gasteiger partial charge is 0.456 e. The zero-order valence-corrected chi connectivity index (χ0v) is 12.8. The summed E-state index contributed by atoms with van der Waals surface area (Å²) in [7, 11) is 0. The Bertz CT molecular complexity index is 690. The topological polar surface area (TPSA) is 85.2 Å². The number of aromatic nitrogens is 2. The lowest BCUT2D eigenvalue weighted by molar-refractivity contribution is 0.0463. The molecule has 2 heterocycles. The van der Waals surface area contributed by atoms with E-state index in [2.05, 4.69) is 10.1 Å². The Balaban J connectivity index is 2.18. The molecule has 0 saturated heterocycles. The Morgan fingerprint density at radius 3 is 2.38 bits per heavy atom. The van der Waals surface area contributed by atoms with Crippen molar-refractivity contribution in [2.45, 2.75) is 41.2 Å². The van der Waals surface area contributed by atoms with Crippen molar-refractivity contribution < 1.29 is 18.8 Å². The van der Waals surface area contributed by atoms with Crippen LogP contribution in [0.2, 0.25) is 0 Å². The highest BCUT2D eigenvalue weighted by atomic mass is 16.5. The van der Waals surface area contributed by atoms with E-state index in [1.54, 1.807) is 27.7 Å². The Morgan fingerprint density at radius 1 is 1.24 bits per heavy atom. The molecule has 0 amide bonds. The van der Waals surface area contributed by atoms with E-state index in [1.807, 2.05) is 0 Å². The fraction of sp³-hybridized carbons (Fsp3) is 0.400. The first kappa shape index (κ1) is 15.0. The number of hydrogen-bond donors (Lipinski definition) is 1. The second-order valence-corrected chi connectivity index (χ2v) is 5.06. The molecule has 0 aliphatic rings. The molecule has 0 aliphatic heterocycles. The van der Waals surface area contributed by atoms with Crippen molar-refractivity contribution in [3.63, 3.8) is 0 Å². The summed E-state index contributed by atoms with van der Waals surface area (Å²) in [5.74, 6) is 0.0539. The van der Waals surface area contributed by atoms with Crippen molar-refractivity contribution >= 4 is 11.8 Å². The normalized spacial score (nSPS) is 10.7. The van der Waals surface area contributed by atoms with Gasteiger partial charge in [-0.2, -0.15) is 0 Å². The van der Waals surface area contributed by atoms with Gasteiger partial charge in [-0.15, -0.1) is 0 Å². The number of carbonyl (C=O) groups is 2. The summed E-state index contributed by atoms with van der Waals surface area (Å²) >= 11 is 0. The molecule has 0 saturated carbocycles. The fourth-order valence-electron chi connectivity index (χ4n) is 2.40. The third-order valence-electron chi connectivity index (χ3n) is 3.52. The van der Waals surface area contributed by atoms with E-state index in [1.165, 1.54) is 6.92 Å². The number of H-pyrrole nitrogens is 1. The van der Waals surface area contributed by atoms with Crippen LogP contribution in [0.5, 0.6) is 0 Å². The molecule has 0 spiro atoms. The summed E-state index contributed by atoms with van der Waals surface area (Å²) in [6.07, 6.45) is 0. The van der Waals surface area contributed by atoms with Crippen LogP contribution in [0, 0.1) is 27.7 Å². The van der Waals surface area contributed by atoms with E-state index in [4.69, 9.17) is 9.26 Å². The number of aryl methyl sites for hydroxylation is 3. The van der Waals surface area contributed by atoms with Gasteiger partial charge in [0, 0.05) is 11.3 Å². The molecule has 2 aromatic heterocycles.